The molecule has 1 atom stereocenters. The van der Waals surface area contributed by atoms with E-state index in [4.69, 9.17) is 14.2 Å². The van der Waals surface area contributed by atoms with Gasteiger partial charge in [-0.15, -0.1) is 0 Å². The van der Waals surface area contributed by atoms with Crippen LogP contribution in [-0.2, 0) is 14.2 Å². The monoisotopic (exact) mass is 339 g/mol. The van der Waals surface area contributed by atoms with Crippen LogP contribution >= 0.6 is 0 Å². The summed E-state index contributed by atoms with van der Waals surface area (Å²) in [6.45, 7) is 12.3. The number of ether oxygens (including phenoxy) is 3. The maximum atomic E-state index is 10.4. The Labute approximate surface area is 146 Å². The zero-order chi connectivity index (χ0) is 18.0. The predicted octanol–water partition coefficient (Wildman–Crippen LogP) is 3.07. The van der Waals surface area contributed by atoms with Gasteiger partial charge in [0.25, 0.3) is 0 Å². The fourth-order valence-electron chi connectivity index (χ4n) is 2.28. The van der Waals surface area contributed by atoms with Crippen molar-refractivity contribution in [3.63, 3.8) is 0 Å². The molecule has 138 valence electrons. The molecule has 0 saturated heterocycles. The largest absolute Gasteiger partial charge is 0.389 e. The molecule has 0 aromatic heterocycles. The molecule has 1 unspecified atom stereocenters. The molecule has 0 bridgehead atoms. The van der Waals surface area contributed by atoms with E-state index in [1.54, 1.807) is 0 Å². The summed E-state index contributed by atoms with van der Waals surface area (Å²) < 4.78 is 17.0. The lowest BCUT2D eigenvalue weighted by atomic mass is 10.2. The molecule has 0 aliphatic carbocycles. The van der Waals surface area contributed by atoms with Crippen molar-refractivity contribution in [1.29, 1.82) is 0 Å². The van der Waals surface area contributed by atoms with Crippen LogP contribution in [0.25, 0.3) is 0 Å². The van der Waals surface area contributed by atoms with Crippen LogP contribution in [0.3, 0.4) is 0 Å². The average Bonchev–Trinajstić information content (AvgIpc) is 2.53. The summed E-state index contributed by atoms with van der Waals surface area (Å²) in [6.07, 6.45) is -0.913. The Bertz CT molecular complexity index is 427. The van der Waals surface area contributed by atoms with E-state index in [0.29, 0.717) is 32.9 Å². The Morgan fingerprint density at radius 1 is 1.00 bits per heavy atom. The molecule has 1 aromatic carbocycles. The summed E-state index contributed by atoms with van der Waals surface area (Å²) in [7, 11) is 0. The Morgan fingerprint density at radius 2 is 1.58 bits per heavy atom. The third-order valence-corrected chi connectivity index (χ3v) is 3.34. The van der Waals surface area contributed by atoms with Gasteiger partial charge in [0.1, 0.15) is 0 Å². The fraction of sp³-hybridized carbons (Fsp3) is 0.684. The number of anilines is 1. The normalized spacial score (nSPS) is 13.3. The van der Waals surface area contributed by atoms with E-state index in [0.717, 1.165) is 5.69 Å². The average molecular weight is 339 g/mol. The molecular formula is C19H33NO4. The first-order valence-electron chi connectivity index (χ1n) is 8.71. The van der Waals surface area contributed by atoms with Crippen LogP contribution < -0.4 is 4.90 Å². The zero-order valence-corrected chi connectivity index (χ0v) is 15.7. The van der Waals surface area contributed by atoms with Crippen LogP contribution in [0.15, 0.2) is 30.3 Å². The first kappa shape index (κ1) is 20.9. The lowest BCUT2D eigenvalue weighted by Gasteiger charge is -2.31. The van der Waals surface area contributed by atoms with Crippen LogP contribution in [0, 0.1) is 0 Å². The van der Waals surface area contributed by atoms with Crippen molar-refractivity contribution < 1.29 is 19.3 Å². The Kier molecular flexibility index (Phi) is 9.29. The Hall–Kier alpha value is -1.14. The number of hydrogen-bond donors (Lipinski definition) is 1. The van der Waals surface area contributed by atoms with Gasteiger partial charge in [0.05, 0.1) is 24.9 Å². The second-order valence-electron chi connectivity index (χ2n) is 6.66. The third kappa shape index (κ3) is 8.64. The number of hydrogen-bond acceptors (Lipinski definition) is 5. The molecular weight excluding hydrogens is 306 g/mol. The topological polar surface area (TPSA) is 51.2 Å². The van der Waals surface area contributed by atoms with E-state index in [2.05, 4.69) is 4.90 Å². The highest BCUT2D eigenvalue weighted by atomic mass is 16.7. The van der Waals surface area contributed by atoms with Crippen molar-refractivity contribution in [3.05, 3.63) is 30.3 Å². The molecule has 0 radical (unpaired) electrons. The molecule has 0 heterocycles. The molecule has 1 aromatic rings. The molecule has 0 saturated carbocycles. The van der Waals surface area contributed by atoms with Gasteiger partial charge >= 0.3 is 0 Å². The summed E-state index contributed by atoms with van der Waals surface area (Å²) in [6, 6.07) is 9.98. The number of aliphatic hydroxyl groups excluding tert-OH is 1. The minimum atomic E-state index is -0.590. The molecule has 5 heteroatoms. The molecule has 0 aliphatic heterocycles. The second kappa shape index (κ2) is 10.7. The highest BCUT2D eigenvalue weighted by molar-refractivity contribution is 5.46. The van der Waals surface area contributed by atoms with Crippen molar-refractivity contribution in [2.75, 3.05) is 37.8 Å². The Balaban J connectivity index is 2.74. The molecule has 0 spiro atoms. The number of rotatable bonds is 11. The maximum Gasteiger partial charge on any atom is 0.174 e. The van der Waals surface area contributed by atoms with Crippen molar-refractivity contribution in [3.8, 4) is 0 Å². The quantitative estimate of drug-likeness (QED) is 0.628. The van der Waals surface area contributed by atoms with Crippen molar-refractivity contribution in [1.82, 2.24) is 0 Å². The van der Waals surface area contributed by atoms with E-state index in [1.807, 2.05) is 65.0 Å². The lowest BCUT2D eigenvalue weighted by molar-refractivity contribution is -0.130. The molecule has 1 N–H and O–H groups in total. The van der Waals surface area contributed by atoms with Gasteiger partial charge < -0.3 is 24.2 Å². The van der Waals surface area contributed by atoms with Crippen LogP contribution in [0.5, 0.6) is 0 Å². The summed E-state index contributed by atoms with van der Waals surface area (Å²) in [5, 5.41) is 10.4. The van der Waals surface area contributed by atoms with E-state index in [1.165, 1.54) is 0 Å². The fourth-order valence-corrected chi connectivity index (χ4v) is 2.28. The third-order valence-electron chi connectivity index (χ3n) is 3.34. The number of para-hydroxylation sites is 1. The van der Waals surface area contributed by atoms with Crippen LogP contribution in [0.1, 0.15) is 34.6 Å². The van der Waals surface area contributed by atoms with E-state index in [-0.39, 0.29) is 11.9 Å². The standard InChI is InChI=1S/C19H33NO4/c1-6-22-18(23-7-2)14-20(16-11-9-8-10-12-16)13-17(21)15-24-19(3,4)5/h8-12,17-18,21H,6-7,13-15H2,1-5H3. The zero-order valence-electron chi connectivity index (χ0n) is 15.7. The molecule has 0 fully saturated rings. The Morgan fingerprint density at radius 3 is 2.08 bits per heavy atom. The number of benzene rings is 1. The number of aliphatic hydroxyl groups is 1. The minimum Gasteiger partial charge on any atom is -0.389 e. The lowest BCUT2D eigenvalue weighted by Crippen LogP contribution is -2.42. The van der Waals surface area contributed by atoms with Gasteiger partial charge in [0.2, 0.25) is 0 Å². The van der Waals surface area contributed by atoms with Gasteiger partial charge in [-0.25, -0.2) is 0 Å². The van der Waals surface area contributed by atoms with E-state index in [9.17, 15) is 5.11 Å². The second-order valence-corrected chi connectivity index (χ2v) is 6.66. The smallest absolute Gasteiger partial charge is 0.174 e. The maximum absolute atomic E-state index is 10.4. The molecule has 0 amide bonds. The van der Waals surface area contributed by atoms with Crippen molar-refractivity contribution in [2.24, 2.45) is 0 Å². The molecule has 1 rings (SSSR count). The molecule has 24 heavy (non-hydrogen) atoms. The summed E-state index contributed by atoms with van der Waals surface area (Å²) in [5.74, 6) is 0. The summed E-state index contributed by atoms with van der Waals surface area (Å²) in [5.41, 5.74) is 0.759. The SMILES string of the molecule is CCOC(CN(CC(O)COC(C)(C)C)c1ccccc1)OCC. The highest BCUT2D eigenvalue weighted by Gasteiger charge is 2.20. The first-order valence-corrected chi connectivity index (χ1v) is 8.71. The molecule has 0 aliphatic rings. The van der Waals surface area contributed by atoms with E-state index < -0.39 is 6.10 Å². The summed E-state index contributed by atoms with van der Waals surface area (Å²) in [4.78, 5) is 2.08. The highest BCUT2D eigenvalue weighted by Crippen LogP contribution is 2.16. The van der Waals surface area contributed by atoms with Crippen LogP contribution in [0.2, 0.25) is 0 Å². The van der Waals surface area contributed by atoms with Gasteiger partial charge in [0.15, 0.2) is 6.29 Å². The van der Waals surface area contributed by atoms with Gasteiger partial charge in [-0.05, 0) is 46.8 Å². The van der Waals surface area contributed by atoms with Crippen molar-refractivity contribution >= 4 is 5.69 Å². The number of nitrogens with zero attached hydrogens (tertiary/aromatic N) is 1. The van der Waals surface area contributed by atoms with Gasteiger partial charge in [-0.2, -0.15) is 0 Å². The van der Waals surface area contributed by atoms with Crippen LogP contribution in [0.4, 0.5) is 5.69 Å². The van der Waals surface area contributed by atoms with E-state index >= 15 is 0 Å². The minimum absolute atomic E-state index is 0.266. The first-order chi connectivity index (χ1) is 11.4. The van der Waals surface area contributed by atoms with Gasteiger partial charge in [-0.3, -0.25) is 0 Å². The summed E-state index contributed by atoms with van der Waals surface area (Å²) >= 11 is 0. The van der Waals surface area contributed by atoms with Crippen LogP contribution in [-0.4, -0.2) is 56.0 Å². The van der Waals surface area contributed by atoms with Gasteiger partial charge in [0, 0.05) is 25.4 Å². The predicted molar refractivity (Wildman–Crippen MR) is 97.4 cm³/mol. The molecule has 5 nitrogen and oxygen atoms in total. The van der Waals surface area contributed by atoms with Gasteiger partial charge in [-0.1, -0.05) is 18.2 Å². The van der Waals surface area contributed by atoms with Crippen molar-refractivity contribution in [2.45, 2.75) is 52.6 Å².